The van der Waals surface area contributed by atoms with Crippen molar-refractivity contribution in [3.63, 3.8) is 0 Å². The second kappa shape index (κ2) is 9.29. The molecule has 152 valence electrons. The largest absolute Gasteiger partial charge is 0.317 e. The number of hydrogen-bond donors (Lipinski definition) is 2. The minimum absolute atomic E-state index is 0.339. The normalized spacial score (nSPS) is 20.7. The van der Waals surface area contributed by atoms with Crippen LogP contribution in [0.5, 0.6) is 0 Å². The Morgan fingerprint density at radius 3 is 2.21 bits per heavy atom. The molecule has 2 N–H and O–H groups in total. The quantitative estimate of drug-likeness (QED) is 0.629. The Kier molecular flexibility index (Phi) is 6.32. The Balaban J connectivity index is 1.50. The van der Waals surface area contributed by atoms with E-state index in [9.17, 15) is 0 Å². The van der Waals surface area contributed by atoms with Crippen LogP contribution in [0.2, 0.25) is 0 Å². The van der Waals surface area contributed by atoms with Crippen molar-refractivity contribution in [1.29, 1.82) is 0 Å². The van der Waals surface area contributed by atoms with Crippen LogP contribution in [0.25, 0.3) is 0 Å². The van der Waals surface area contributed by atoms with Gasteiger partial charge in [0.1, 0.15) is 31.9 Å². The summed E-state index contributed by atoms with van der Waals surface area (Å²) in [4.78, 5) is 3.20. The molecule has 4 rings (SSSR count). The van der Waals surface area contributed by atoms with Crippen LogP contribution in [0, 0.1) is 5.92 Å². The topological polar surface area (TPSA) is 52.5 Å². The number of tetrazole rings is 1. The van der Waals surface area contributed by atoms with Gasteiger partial charge in [0.2, 0.25) is 5.82 Å². The molecule has 3 aromatic rings. The average Bonchev–Trinajstić information content (AvgIpc) is 3.21. The van der Waals surface area contributed by atoms with Gasteiger partial charge in [-0.15, -0.1) is 5.10 Å². The van der Waals surface area contributed by atoms with Crippen molar-refractivity contribution in [3.05, 3.63) is 72.1 Å². The van der Waals surface area contributed by atoms with Gasteiger partial charge in [0.25, 0.3) is 0 Å². The van der Waals surface area contributed by atoms with E-state index < -0.39 is 0 Å². The second-order valence-corrected chi connectivity index (χ2v) is 8.49. The van der Waals surface area contributed by atoms with E-state index in [0.29, 0.717) is 12.0 Å². The highest BCUT2D eigenvalue weighted by atomic mass is 15.6. The number of rotatable bonds is 7. The summed E-state index contributed by atoms with van der Waals surface area (Å²) in [7, 11) is 0. The first-order chi connectivity index (χ1) is 14.2. The number of para-hydroxylation sites is 1. The first-order valence-electron chi connectivity index (χ1n) is 10.8. The van der Waals surface area contributed by atoms with E-state index in [1.54, 1.807) is 9.80 Å². The van der Waals surface area contributed by atoms with E-state index in [1.165, 1.54) is 11.3 Å². The summed E-state index contributed by atoms with van der Waals surface area (Å²) in [5.41, 5.74) is 2.64. The molecule has 6 nitrogen and oxygen atoms in total. The first-order valence-corrected chi connectivity index (χ1v) is 10.8. The van der Waals surface area contributed by atoms with Crippen molar-refractivity contribution in [1.82, 2.24) is 20.2 Å². The van der Waals surface area contributed by atoms with Crippen molar-refractivity contribution in [2.45, 2.75) is 32.9 Å². The lowest BCUT2D eigenvalue weighted by Gasteiger charge is -2.34. The van der Waals surface area contributed by atoms with Crippen LogP contribution in [0.3, 0.4) is 0 Å². The molecule has 1 fully saturated rings. The van der Waals surface area contributed by atoms with Crippen molar-refractivity contribution >= 4 is 5.69 Å². The zero-order valence-corrected chi connectivity index (χ0v) is 17.5. The maximum absolute atomic E-state index is 4.49. The van der Waals surface area contributed by atoms with E-state index in [2.05, 4.69) is 84.0 Å². The van der Waals surface area contributed by atoms with Gasteiger partial charge in [-0.25, -0.2) is 4.68 Å². The third-order valence-electron chi connectivity index (χ3n) is 5.92. The summed E-state index contributed by atoms with van der Waals surface area (Å²) in [6.07, 6.45) is 1.10. The van der Waals surface area contributed by atoms with Crippen molar-refractivity contribution in [3.8, 4) is 0 Å². The highest BCUT2D eigenvalue weighted by molar-refractivity contribution is 5.27. The fraction of sp³-hybridized carbons (Fsp3) is 0.435. The SMILES string of the molecule is CC(C)C[C@H](c1nnnn1Cc1ccccc1)[NH+]1CC[NH+](c2ccccc2)CC1. The Morgan fingerprint density at radius 2 is 1.55 bits per heavy atom. The Bertz CT molecular complexity index is 869. The summed E-state index contributed by atoms with van der Waals surface area (Å²) in [6, 6.07) is 21.7. The number of benzene rings is 2. The predicted octanol–water partition coefficient (Wildman–Crippen LogP) is 0.924. The summed E-state index contributed by atoms with van der Waals surface area (Å²) in [5.74, 6) is 1.63. The molecule has 0 bridgehead atoms. The smallest absolute Gasteiger partial charge is 0.209 e. The summed E-state index contributed by atoms with van der Waals surface area (Å²) in [5, 5.41) is 12.9. The molecule has 2 heterocycles. The molecule has 0 amide bonds. The number of nitrogens with zero attached hydrogens (tertiary/aromatic N) is 4. The molecule has 0 saturated carbocycles. The predicted molar refractivity (Wildman–Crippen MR) is 113 cm³/mol. The average molecular weight is 393 g/mol. The molecule has 0 unspecified atom stereocenters. The Morgan fingerprint density at radius 1 is 0.897 bits per heavy atom. The van der Waals surface area contributed by atoms with Gasteiger partial charge < -0.3 is 4.90 Å². The molecule has 1 saturated heterocycles. The zero-order valence-electron chi connectivity index (χ0n) is 17.5. The molecule has 1 aliphatic heterocycles. The lowest BCUT2D eigenvalue weighted by Crippen LogP contribution is -3.26. The highest BCUT2D eigenvalue weighted by Gasteiger charge is 2.35. The monoisotopic (exact) mass is 392 g/mol. The van der Waals surface area contributed by atoms with E-state index in [0.717, 1.165) is 45.0 Å². The van der Waals surface area contributed by atoms with Crippen LogP contribution in [-0.2, 0) is 6.54 Å². The van der Waals surface area contributed by atoms with Crippen molar-refractivity contribution in [2.24, 2.45) is 5.92 Å². The van der Waals surface area contributed by atoms with Crippen LogP contribution in [0.15, 0.2) is 60.7 Å². The number of nitrogens with one attached hydrogen (secondary N) is 2. The van der Waals surface area contributed by atoms with Gasteiger partial charge in [-0.1, -0.05) is 62.4 Å². The maximum atomic E-state index is 4.49. The summed E-state index contributed by atoms with van der Waals surface area (Å²) >= 11 is 0. The molecule has 1 aromatic heterocycles. The van der Waals surface area contributed by atoms with Gasteiger partial charge in [-0.2, -0.15) is 0 Å². The molecule has 0 aliphatic carbocycles. The Labute approximate surface area is 173 Å². The van der Waals surface area contributed by atoms with Gasteiger partial charge in [0, 0.05) is 6.42 Å². The van der Waals surface area contributed by atoms with E-state index in [-0.39, 0.29) is 0 Å². The van der Waals surface area contributed by atoms with E-state index >= 15 is 0 Å². The molecular weight excluding hydrogens is 360 g/mol. The van der Waals surface area contributed by atoms with Gasteiger partial charge >= 0.3 is 0 Å². The van der Waals surface area contributed by atoms with E-state index in [1.807, 2.05) is 10.7 Å². The highest BCUT2D eigenvalue weighted by Crippen LogP contribution is 2.17. The van der Waals surface area contributed by atoms with Gasteiger partial charge in [-0.3, -0.25) is 4.90 Å². The van der Waals surface area contributed by atoms with E-state index in [4.69, 9.17) is 0 Å². The van der Waals surface area contributed by atoms with Crippen molar-refractivity contribution in [2.75, 3.05) is 26.2 Å². The van der Waals surface area contributed by atoms with Crippen molar-refractivity contribution < 1.29 is 9.80 Å². The molecular formula is C23H32N6+2. The third-order valence-corrected chi connectivity index (χ3v) is 5.92. The van der Waals surface area contributed by atoms with Crippen LogP contribution < -0.4 is 9.80 Å². The number of piperazine rings is 1. The van der Waals surface area contributed by atoms with Crippen LogP contribution in [0.1, 0.15) is 37.7 Å². The van der Waals surface area contributed by atoms with Crippen LogP contribution >= 0.6 is 0 Å². The molecule has 2 aromatic carbocycles. The molecule has 0 spiro atoms. The third kappa shape index (κ3) is 4.89. The minimum Gasteiger partial charge on any atom is -0.317 e. The van der Waals surface area contributed by atoms with Gasteiger partial charge in [-0.05, 0) is 34.0 Å². The lowest BCUT2D eigenvalue weighted by molar-refractivity contribution is -1.01. The summed E-state index contributed by atoms with van der Waals surface area (Å²) < 4.78 is 2.01. The molecule has 29 heavy (non-hydrogen) atoms. The van der Waals surface area contributed by atoms with Crippen LogP contribution in [-0.4, -0.2) is 46.4 Å². The lowest BCUT2D eigenvalue weighted by atomic mass is 10.0. The molecule has 1 atom stereocenters. The van der Waals surface area contributed by atoms with Gasteiger partial charge in [0.15, 0.2) is 6.04 Å². The fourth-order valence-electron chi connectivity index (χ4n) is 4.44. The minimum atomic E-state index is 0.339. The number of quaternary nitrogens is 2. The summed E-state index contributed by atoms with van der Waals surface area (Å²) in [6.45, 7) is 9.89. The maximum Gasteiger partial charge on any atom is 0.209 e. The number of hydrogen-bond acceptors (Lipinski definition) is 3. The standard InChI is InChI=1S/C23H30N6/c1-19(2)17-22(23-24-25-26-29(23)18-20-9-5-3-6-10-20)28-15-13-27(14-16-28)21-11-7-4-8-12-21/h3-12,19,22H,13-18H2,1-2H3/p+2/t22-/m1/s1. The fourth-order valence-corrected chi connectivity index (χ4v) is 4.44. The Hall–Kier alpha value is -2.57. The molecule has 6 heteroatoms. The second-order valence-electron chi connectivity index (χ2n) is 8.49. The molecule has 0 radical (unpaired) electrons. The van der Waals surface area contributed by atoms with Crippen LogP contribution in [0.4, 0.5) is 5.69 Å². The zero-order chi connectivity index (χ0) is 20.1. The molecule has 1 aliphatic rings. The first kappa shape index (κ1) is 19.7. The van der Waals surface area contributed by atoms with Gasteiger partial charge in [0.05, 0.1) is 6.54 Å². The number of aromatic nitrogens is 4.